The lowest BCUT2D eigenvalue weighted by Gasteiger charge is -2.15. The predicted molar refractivity (Wildman–Crippen MR) is 111 cm³/mol. The molecule has 2 N–H and O–H groups in total. The number of phenols is 1. The van der Waals surface area contributed by atoms with Crippen LogP contribution < -0.4 is 5.43 Å². The monoisotopic (exact) mass is 369 g/mol. The Morgan fingerprint density at radius 1 is 1.21 bits per heavy atom. The van der Waals surface area contributed by atoms with E-state index in [9.17, 15) is 10.4 Å². The summed E-state index contributed by atoms with van der Waals surface area (Å²) in [6, 6.07) is 16.9. The van der Waals surface area contributed by atoms with Crippen LogP contribution in [0, 0.1) is 18.3 Å². The predicted octanol–water partition coefficient (Wildman–Crippen LogP) is 4.38. The van der Waals surface area contributed by atoms with Crippen molar-refractivity contribution in [1.82, 2.24) is 9.38 Å². The standard InChI is InChI=1S/C22H19N5O/c1-3-17-14(2)18(12-23)21-25-19-6-4-5-7-20(19)27(21)22(17)26-24-13-15-8-10-16(28)11-9-15/h4-11,13,26,28H,3H2,1-2H3. The number of imidazole rings is 1. The van der Waals surface area contributed by atoms with Crippen LogP contribution in [0.25, 0.3) is 16.7 Å². The minimum atomic E-state index is 0.215. The number of pyridine rings is 1. The van der Waals surface area contributed by atoms with Crippen LogP contribution in [-0.4, -0.2) is 20.7 Å². The summed E-state index contributed by atoms with van der Waals surface area (Å²) in [5.74, 6) is 1.02. The van der Waals surface area contributed by atoms with E-state index in [1.165, 1.54) is 0 Å². The topological polar surface area (TPSA) is 85.7 Å². The fraction of sp³-hybridized carbons (Fsp3) is 0.136. The fourth-order valence-electron chi connectivity index (χ4n) is 3.46. The Hall–Kier alpha value is -3.85. The molecular weight excluding hydrogens is 350 g/mol. The molecule has 0 bridgehead atoms. The zero-order valence-corrected chi connectivity index (χ0v) is 15.6. The van der Waals surface area contributed by atoms with Crippen molar-refractivity contribution in [3.8, 4) is 11.8 Å². The van der Waals surface area contributed by atoms with Crippen LogP contribution in [0.1, 0.15) is 29.2 Å². The lowest BCUT2D eigenvalue weighted by Crippen LogP contribution is -2.07. The summed E-state index contributed by atoms with van der Waals surface area (Å²) in [7, 11) is 0. The quantitative estimate of drug-likeness (QED) is 0.413. The number of hydrogen-bond donors (Lipinski definition) is 2. The summed E-state index contributed by atoms with van der Waals surface area (Å²) in [4.78, 5) is 4.68. The molecule has 0 radical (unpaired) electrons. The number of hydrazone groups is 1. The van der Waals surface area contributed by atoms with Crippen LogP contribution in [0.15, 0.2) is 53.6 Å². The molecule has 0 saturated carbocycles. The summed E-state index contributed by atoms with van der Waals surface area (Å²) in [6.45, 7) is 4.01. The number of rotatable bonds is 4. The highest BCUT2D eigenvalue weighted by Gasteiger charge is 2.19. The smallest absolute Gasteiger partial charge is 0.157 e. The van der Waals surface area contributed by atoms with E-state index in [1.807, 2.05) is 35.6 Å². The Bertz CT molecular complexity index is 1250. The fourth-order valence-corrected chi connectivity index (χ4v) is 3.46. The lowest BCUT2D eigenvalue weighted by molar-refractivity contribution is 0.475. The zero-order chi connectivity index (χ0) is 19.7. The molecular formula is C22H19N5O. The second-order valence-electron chi connectivity index (χ2n) is 6.51. The van der Waals surface area contributed by atoms with Crippen LogP contribution in [0.4, 0.5) is 5.82 Å². The number of aromatic nitrogens is 2. The van der Waals surface area contributed by atoms with Crippen molar-refractivity contribution < 1.29 is 5.11 Å². The highest BCUT2D eigenvalue weighted by Crippen LogP contribution is 2.31. The molecule has 2 aromatic carbocycles. The largest absolute Gasteiger partial charge is 0.508 e. The van der Waals surface area contributed by atoms with Gasteiger partial charge in [0.15, 0.2) is 5.65 Å². The molecule has 0 aliphatic carbocycles. The number of nitrogens with zero attached hydrogens (tertiary/aromatic N) is 4. The molecule has 6 nitrogen and oxygen atoms in total. The highest BCUT2D eigenvalue weighted by atomic mass is 16.3. The second-order valence-corrected chi connectivity index (χ2v) is 6.51. The first-order valence-electron chi connectivity index (χ1n) is 9.05. The van der Waals surface area contributed by atoms with Crippen LogP contribution in [0.5, 0.6) is 5.75 Å². The van der Waals surface area contributed by atoms with E-state index >= 15 is 0 Å². The van der Waals surface area contributed by atoms with Gasteiger partial charge in [0, 0.05) is 0 Å². The Morgan fingerprint density at radius 2 is 1.96 bits per heavy atom. The first kappa shape index (κ1) is 17.6. The summed E-state index contributed by atoms with van der Waals surface area (Å²) in [5, 5.41) is 23.5. The van der Waals surface area contributed by atoms with Crippen molar-refractivity contribution in [2.24, 2.45) is 5.10 Å². The van der Waals surface area contributed by atoms with Crippen molar-refractivity contribution in [3.63, 3.8) is 0 Å². The first-order chi connectivity index (χ1) is 13.6. The molecule has 4 rings (SSSR count). The van der Waals surface area contributed by atoms with Crippen LogP contribution in [0.2, 0.25) is 0 Å². The van der Waals surface area contributed by atoms with Crippen molar-refractivity contribution in [1.29, 1.82) is 5.26 Å². The molecule has 0 aliphatic heterocycles. The Morgan fingerprint density at radius 3 is 2.68 bits per heavy atom. The number of aromatic hydroxyl groups is 1. The van der Waals surface area contributed by atoms with Crippen LogP contribution >= 0.6 is 0 Å². The van der Waals surface area contributed by atoms with E-state index < -0.39 is 0 Å². The molecule has 28 heavy (non-hydrogen) atoms. The zero-order valence-electron chi connectivity index (χ0n) is 15.6. The number of nitriles is 1. The summed E-state index contributed by atoms with van der Waals surface area (Å²) < 4.78 is 1.97. The number of anilines is 1. The molecule has 6 heteroatoms. The van der Waals surface area contributed by atoms with Gasteiger partial charge < -0.3 is 5.11 Å². The van der Waals surface area contributed by atoms with E-state index in [0.717, 1.165) is 40.0 Å². The Labute approximate surface area is 162 Å². The summed E-state index contributed by atoms with van der Waals surface area (Å²) in [6.07, 6.45) is 2.44. The van der Waals surface area contributed by atoms with E-state index in [4.69, 9.17) is 0 Å². The Balaban J connectivity index is 1.91. The summed E-state index contributed by atoms with van der Waals surface area (Å²) >= 11 is 0. The number of nitrogens with one attached hydrogen (secondary N) is 1. The second kappa shape index (κ2) is 7.05. The number of phenolic OH excluding ortho intramolecular Hbond substituents is 1. The van der Waals surface area contributed by atoms with E-state index in [1.54, 1.807) is 30.5 Å². The number of hydrogen-bond acceptors (Lipinski definition) is 5. The van der Waals surface area contributed by atoms with Crippen molar-refractivity contribution in [2.45, 2.75) is 20.3 Å². The van der Waals surface area contributed by atoms with Gasteiger partial charge in [-0.1, -0.05) is 19.1 Å². The molecule has 2 heterocycles. The number of fused-ring (bicyclic) bond motifs is 3. The van der Waals surface area contributed by atoms with Gasteiger partial charge in [0.1, 0.15) is 17.6 Å². The highest BCUT2D eigenvalue weighted by molar-refractivity contribution is 5.86. The average Bonchev–Trinajstić information content (AvgIpc) is 3.08. The van der Waals surface area contributed by atoms with E-state index in [0.29, 0.717) is 11.2 Å². The van der Waals surface area contributed by atoms with Gasteiger partial charge in [-0.25, -0.2) is 4.98 Å². The molecule has 0 saturated heterocycles. The van der Waals surface area contributed by atoms with Gasteiger partial charge in [0.2, 0.25) is 0 Å². The molecule has 0 amide bonds. The third-order valence-corrected chi connectivity index (χ3v) is 4.86. The van der Waals surface area contributed by atoms with Gasteiger partial charge in [-0.3, -0.25) is 9.83 Å². The SMILES string of the molecule is CCc1c(C)c(C#N)c2nc3ccccc3n2c1NN=Cc1ccc(O)cc1. The van der Waals surface area contributed by atoms with Crippen molar-refractivity contribution in [2.75, 3.05) is 5.43 Å². The molecule has 0 fully saturated rings. The normalized spacial score (nSPS) is 11.3. The first-order valence-corrected chi connectivity index (χ1v) is 9.05. The molecule has 0 spiro atoms. The number of para-hydroxylation sites is 2. The van der Waals surface area contributed by atoms with Gasteiger partial charge in [0.25, 0.3) is 0 Å². The minimum absolute atomic E-state index is 0.215. The third-order valence-electron chi connectivity index (χ3n) is 4.86. The van der Waals surface area contributed by atoms with Crippen LogP contribution in [-0.2, 0) is 6.42 Å². The van der Waals surface area contributed by atoms with Crippen molar-refractivity contribution >= 4 is 28.7 Å². The number of benzene rings is 2. The van der Waals surface area contributed by atoms with Crippen molar-refractivity contribution in [3.05, 3.63) is 70.8 Å². The molecule has 138 valence electrons. The molecule has 0 unspecified atom stereocenters. The maximum absolute atomic E-state index is 9.73. The van der Waals surface area contributed by atoms with Gasteiger partial charge in [-0.15, -0.1) is 0 Å². The molecule has 0 aliphatic rings. The molecule has 0 atom stereocenters. The Kier molecular flexibility index (Phi) is 4.42. The minimum Gasteiger partial charge on any atom is -0.508 e. The molecule has 4 aromatic rings. The molecule has 2 aromatic heterocycles. The van der Waals surface area contributed by atoms with E-state index in [-0.39, 0.29) is 5.75 Å². The lowest BCUT2D eigenvalue weighted by atomic mass is 10.0. The average molecular weight is 369 g/mol. The van der Waals surface area contributed by atoms with Gasteiger partial charge in [-0.05, 0) is 66.4 Å². The maximum atomic E-state index is 9.73. The van der Waals surface area contributed by atoms with Gasteiger partial charge >= 0.3 is 0 Å². The maximum Gasteiger partial charge on any atom is 0.157 e. The van der Waals surface area contributed by atoms with E-state index in [2.05, 4.69) is 28.5 Å². The van der Waals surface area contributed by atoms with Gasteiger partial charge in [0.05, 0.1) is 22.8 Å². The van der Waals surface area contributed by atoms with Crippen LogP contribution in [0.3, 0.4) is 0 Å². The summed E-state index contributed by atoms with van der Waals surface area (Å²) in [5.41, 5.74) is 8.92. The third kappa shape index (κ3) is 2.83. The van der Waals surface area contributed by atoms with Gasteiger partial charge in [-0.2, -0.15) is 10.4 Å².